The number of aromatic nitrogens is 4. The third-order valence-corrected chi connectivity index (χ3v) is 7.67. The van der Waals surface area contributed by atoms with Crippen molar-refractivity contribution < 1.29 is 27.6 Å². The van der Waals surface area contributed by atoms with E-state index in [-0.39, 0.29) is 29.8 Å². The first-order valence-corrected chi connectivity index (χ1v) is 12.3. The van der Waals surface area contributed by atoms with Crippen LogP contribution in [-0.4, -0.2) is 60.1 Å². The Labute approximate surface area is 218 Å². The largest absolute Gasteiger partial charge is 0.385 e. The fraction of sp³-hybridized carbons (Fsp3) is 0.360. The van der Waals surface area contributed by atoms with Gasteiger partial charge in [0, 0.05) is 49.1 Å². The van der Waals surface area contributed by atoms with Crippen molar-refractivity contribution in [1.29, 1.82) is 0 Å². The van der Waals surface area contributed by atoms with Crippen molar-refractivity contribution in [2.75, 3.05) is 6.54 Å². The summed E-state index contributed by atoms with van der Waals surface area (Å²) in [5.74, 6) is -4.12. The first kappa shape index (κ1) is 24.8. The van der Waals surface area contributed by atoms with E-state index in [1.54, 1.807) is 14.0 Å². The van der Waals surface area contributed by atoms with Crippen LogP contribution < -0.4 is 10.7 Å². The molecule has 3 unspecified atom stereocenters. The Balaban J connectivity index is 1.35. The molecule has 1 N–H and O–H groups in total. The molecule has 1 fully saturated rings. The maximum atomic E-state index is 14.1. The Morgan fingerprint density at radius 2 is 1.87 bits per heavy atom. The molecule has 5 heterocycles. The van der Waals surface area contributed by atoms with E-state index in [1.807, 2.05) is 6.92 Å². The number of nitrogens with zero attached hydrogens (tertiary/aromatic N) is 6. The SMILES string of the molecule is CC1CCC2(CC(n3cnnc3)=NO2)C2CN1C(=O)c1cc(=O)c(C(=O)NCc3c(F)cc(F)cc3F)cn12. The molecule has 3 aliphatic heterocycles. The number of nitrogens with one attached hydrogen (secondary N) is 1. The molecule has 2 bridgehead atoms. The van der Waals surface area contributed by atoms with Gasteiger partial charge in [-0.2, -0.15) is 0 Å². The van der Waals surface area contributed by atoms with Crippen molar-refractivity contribution in [2.24, 2.45) is 5.16 Å². The molecule has 1 saturated heterocycles. The first-order valence-electron chi connectivity index (χ1n) is 12.3. The monoisotopic (exact) mass is 541 g/mol. The highest BCUT2D eigenvalue weighted by Gasteiger charge is 2.53. The van der Waals surface area contributed by atoms with Crippen LogP contribution in [0.15, 0.2) is 47.0 Å². The van der Waals surface area contributed by atoms with Gasteiger partial charge in [0.15, 0.2) is 16.9 Å². The fourth-order valence-electron chi connectivity index (χ4n) is 5.49. The van der Waals surface area contributed by atoms with Gasteiger partial charge in [0.25, 0.3) is 11.8 Å². The molecule has 11 nitrogen and oxygen atoms in total. The predicted octanol–water partition coefficient (Wildman–Crippen LogP) is 1.99. The van der Waals surface area contributed by atoms with Gasteiger partial charge < -0.3 is 19.6 Å². The first-order chi connectivity index (χ1) is 18.7. The Bertz CT molecular complexity index is 1570. The molecule has 2 amide bonds. The molecule has 39 heavy (non-hydrogen) atoms. The minimum absolute atomic E-state index is 0.0953. The van der Waals surface area contributed by atoms with E-state index in [0.29, 0.717) is 37.2 Å². The second-order valence-electron chi connectivity index (χ2n) is 9.95. The number of rotatable bonds is 3. The topological polar surface area (TPSA) is 124 Å². The summed E-state index contributed by atoms with van der Waals surface area (Å²) in [6.45, 7) is 1.57. The van der Waals surface area contributed by atoms with Crippen molar-refractivity contribution in [3.05, 3.63) is 81.5 Å². The summed E-state index contributed by atoms with van der Waals surface area (Å²) in [7, 11) is 0. The highest BCUT2D eigenvalue weighted by atomic mass is 19.1. The molecule has 0 saturated carbocycles. The van der Waals surface area contributed by atoms with Gasteiger partial charge in [0.05, 0.1) is 12.5 Å². The van der Waals surface area contributed by atoms with E-state index in [1.165, 1.54) is 18.9 Å². The van der Waals surface area contributed by atoms with Crippen LogP contribution in [0, 0.1) is 17.5 Å². The standard InChI is InChI=1S/C25H22F3N7O4/c1-13-2-3-25(7-22(32-39-25)33-11-30-31-12-33)21-10-34(13)24(38)19-6-20(36)16(9-35(19)21)23(37)29-8-15-17(27)4-14(26)5-18(15)28/h4-6,9,11-13,21H,2-3,7-8,10H2,1H3,(H,29,37). The summed E-state index contributed by atoms with van der Waals surface area (Å²) >= 11 is 0. The molecule has 3 aliphatic rings. The summed E-state index contributed by atoms with van der Waals surface area (Å²) in [5, 5.41) is 14.2. The maximum absolute atomic E-state index is 14.1. The lowest BCUT2D eigenvalue weighted by atomic mass is 9.85. The zero-order chi connectivity index (χ0) is 27.5. The number of halogens is 3. The third-order valence-electron chi connectivity index (χ3n) is 7.67. The summed E-state index contributed by atoms with van der Waals surface area (Å²) in [4.78, 5) is 47.1. The number of fused-ring (bicyclic) bond motifs is 5. The molecular formula is C25H22F3N7O4. The molecular weight excluding hydrogens is 519 g/mol. The molecule has 202 valence electrons. The van der Waals surface area contributed by atoms with Crippen molar-refractivity contribution in [1.82, 2.24) is 29.5 Å². The van der Waals surface area contributed by atoms with Crippen LogP contribution >= 0.6 is 0 Å². The van der Waals surface area contributed by atoms with Crippen molar-refractivity contribution in [2.45, 2.75) is 50.4 Å². The molecule has 3 atom stereocenters. The summed E-state index contributed by atoms with van der Waals surface area (Å²) in [6.07, 6.45) is 5.79. The van der Waals surface area contributed by atoms with Crippen LogP contribution in [0.4, 0.5) is 13.2 Å². The minimum atomic E-state index is -1.17. The van der Waals surface area contributed by atoms with Gasteiger partial charge in [-0.05, 0) is 19.8 Å². The number of hydrogen-bond acceptors (Lipinski definition) is 7. The van der Waals surface area contributed by atoms with Gasteiger partial charge in [0.2, 0.25) is 0 Å². The summed E-state index contributed by atoms with van der Waals surface area (Å²) < 4.78 is 44.5. The second-order valence-corrected chi connectivity index (χ2v) is 9.95. The van der Waals surface area contributed by atoms with Gasteiger partial charge in [0.1, 0.15) is 41.4 Å². The van der Waals surface area contributed by atoms with Gasteiger partial charge >= 0.3 is 0 Å². The zero-order valence-electron chi connectivity index (χ0n) is 20.6. The third kappa shape index (κ3) is 4.06. The molecule has 0 aliphatic carbocycles. The average molecular weight is 541 g/mol. The Morgan fingerprint density at radius 1 is 1.15 bits per heavy atom. The van der Waals surface area contributed by atoms with Crippen LogP contribution in [0.1, 0.15) is 58.6 Å². The lowest BCUT2D eigenvalue weighted by Crippen LogP contribution is -2.52. The van der Waals surface area contributed by atoms with E-state index >= 15 is 0 Å². The van der Waals surface area contributed by atoms with Crippen LogP contribution in [0.5, 0.6) is 0 Å². The van der Waals surface area contributed by atoms with E-state index < -0.39 is 52.5 Å². The van der Waals surface area contributed by atoms with Crippen LogP contribution in [0.25, 0.3) is 0 Å². The average Bonchev–Trinajstić information content (AvgIpc) is 3.55. The van der Waals surface area contributed by atoms with Crippen molar-refractivity contribution in [3.63, 3.8) is 0 Å². The zero-order valence-corrected chi connectivity index (χ0v) is 20.6. The second kappa shape index (κ2) is 9.06. The van der Waals surface area contributed by atoms with Gasteiger partial charge in [-0.1, -0.05) is 5.16 Å². The number of carbonyl (C=O) groups is 2. The van der Waals surface area contributed by atoms with Gasteiger partial charge in [-0.25, -0.2) is 13.2 Å². The molecule has 0 radical (unpaired) electrons. The predicted molar refractivity (Wildman–Crippen MR) is 128 cm³/mol. The highest BCUT2D eigenvalue weighted by Crippen LogP contribution is 2.45. The van der Waals surface area contributed by atoms with Gasteiger partial charge in [-0.15, -0.1) is 10.2 Å². The number of amides is 2. The number of pyridine rings is 1. The van der Waals surface area contributed by atoms with Gasteiger partial charge in [-0.3, -0.25) is 19.0 Å². The molecule has 1 aromatic carbocycles. The number of oxime groups is 1. The molecule has 2 aromatic heterocycles. The van der Waals surface area contributed by atoms with E-state index in [9.17, 15) is 27.6 Å². The molecule has 14 heteroatoms. The van der Waals surface area contributed by atoms with Crippen molar-refractivity contribution >= 4 is 17.6 Å². The van der Waals surface area contributed by atoms with E-state index in [0.717, 1.165) is 6.07 Å². The Morgan fingerprint density at radius 3 is 2.59 bits per heavy atom. The van der Waals surface area contributed by atoms with Crippen LogP contribution in [0.2, 0.25) is 0 Å². The summed E-state index contributed by atoms with van der Waals surface area (Å²) in [6, 6.07) is 1.46. The smallest absolute Gasteiger partial charge is 0.270 e. The maximum Gasteiger partial charge on any atom is 0.270 e. The number of hydrogen-bond donors (Lipinski definition) is 1. The fourth-order valence-corrected chi connectivity index (χ4v) is 5.49. The Hall–Kier alpha value is -4.49. The summed E-state index contributed by atoms with van der Waals surface area (Å²) in [5.41, 5.74) is -2.40. The normalized spacial score (nSPS) is 23.7. The lowest BCUT2D eigenvalue weighted by Gasteiger charge is -2.41. The minimum Gasteiger partial charge on any atom is -0.385 e. The van der Waals surface area contributed by atoms with E-state index in [4.69, 9.17) is 4.84 Å². The van der Waals surface area contributed by atoms with Crippen LogP contribution in [-0.2, 0) is 11.4 Å². The Kier molecular flexibility index (Phi) is 5.77. The lowest BCUT2D eigenvalue weighted by molar-refractivity contribution is -0.0654. The molecule has 3 aromatic rings. The van der Waals surface area contributed by atoms with E-state index in [2.05, 4.69) is 20.7 Å². The quantitative estimate of drug-likeness (QED) is 0.541. The number of benzene rings is 1. The molecule has 1 spiro atoms. The highest BCUT2D eigenvalue weighted by molar-refractivity contribution is 5.97. The number of carbonyl (C=O) groups excluding carboxylic acids is 2. The van der Waals surface area contributed by atoms with Crippen molar-refractivity contribution in [3.8, 4) is 0 Å². The molecule has 6 rings (SSSR count). The van der Waals surface area contributed by atoms with Crippen LogP contribution in [0.3, 0.4) is 0 Å².